The van der Waals surface area contributed by atoms with E-state index in [2.05, 4.69) is 50.8 Å². The topological polar surface area (TPSA) is 41.9 Å². The van der Waals surface area contributed by atoms with Crippen LogP contribution in [-0.4, -0.2) is 56.1 Å². The van der Waals surface area contributed by atoms with Crippen molar-refractivity contribution >= 4 is 0 Å². The Hall–Kier alpha value is -0.940. The first kappa shape index (κ1) is 21.1. The molecule has 0 radical (unpaired) electrons. The van der Waals surface area contributed by atoms with Crippen molar-refractivity contribution < 1.29 is 14.6 Å². The SMILES string of the molecule is COCCCN(Cc1cc(C)ccc1C)CC(O)COCC(C)C. The molecule has 4 heteroatoms. The van der Waals surface area contributed by atoms with Crippen LogP contribution in [0.15, 0.2) is 18.2 Å². The highest BCUT2D eigenvalue weighted by molar-refractivity contribution is 5.30. The molecule has 0 saturated heterocycles. The zero-order valence-electron chi connectivity index (χ0n) is 16.0. The first-order valence-corrected chi connectivity index (χ1v) is 8.95. The van der Waals surface area contributed by atoms with Crippen molar-refractivity contribution in [2.45, 2.75) is 46.8 Å². The molecule has 0 aliphatic heterocycles. The molecule has 0 aliphatic rings. The lowest BCUT2D eigenvalue weighted by atomic mass is 10.0. The van der Waals surface area contributed by atoms with E-state index < -0.39 is 6.10 Å². The van der Waals surface area contributed by atoms with Crippen LogP contribution in [0.4, 0.5) is 0 Å². The number of nitrogens with zero attached hydrogens (tertiary/aromatic N) is 1. The summed E-state index contributed by atoms with van der Waals surface area (Å²) >= 11 is 0. The molecule has 0 aromatic heterocycles. The Morgan fingerprint density at radius 2 is 1.92 bits per heavy atom. The molecule has 1 atom stereocenters. The monoisotopic (exact) mass is 337 g/mol. The summed E-state index contributed by atoms with van der Waals surface area (Å²) in [4.78, 5) is 2.30. The zero-order valence-corrected chi connectivity index (χ0v) is 16.0. The van der Waals surface area contributed by atoms with Gasteiger partial charge in [0.25, 0.3) is 0 Å². The molecular formula is C20H35NO3. The molecule has 0 heterocycles. The average Bonchev–Trinajstić information content (AvgIpc) is 2.50. The maximum atomic E-state index is 10.3. The number of aryl methyl sites for hydroxylation is 2. The van der Waals surface area contributed by atoms with E-state index >= 15 is 0 Å². The van der Waals surface area contributed by atoms with Crippen LogP contribution in [0.2, 0.25) is 0 Å². The number of hydrogen-bond donors (Lipinski definition) is 1. The van der Waals surface area contributed by atoms with Gasteiger partial charge in [-0.25, -0.2) is 0 Å². The lowest BCUT2D eigenvalue weighted by Crippen LogP contribution is -2.36. The third-order valence-corrected chi connectivity index (χ3v) is 3.95. The zero-order chi connectivity index (χ0) is 17.9. The van der Waals surface area contributed by atoms with Gasteiger partial charge < -0.3 is 14.6 Å². The van der Waals surface area contributed by atoms with E-state index in [9.17, 15) is 5.11 Å². The van der Waals surface area contributed by atoms with Crippen LogP contribution in [0.5, 0.6) is 0 Å². The number of rotatable bonds is 12. The van der Waals surface area contributed by atoms with Gasteiger partial charge in [0.2, 0.25) is 0 Å². The van der Waals surface area contributed by atoms with E-state index in [0.29, 0.717) is 25.7 Å². The van der Waals surface area contributed by atoms with Crippen molar-refractivity contribution in [2.75, 3.05) is 40.0 Å². The normalized spacial score (nSPS) is 13.0. The molecule has 0 fully saturated rings. The summed E-state index contributed by atoms with van der Waals surface area (Å²) in [5, 5.41) is 10.3. The van der Waals surface area contributed by atoms with Crippen LogP contribution in [0, 0.1) is 19.8 Å². The molecule has 0 saturated carbocycles. The predicted octanol–water partition coefficient (Wildman–Crippen LogP) is 3.18. The molecule has 1 unspecified atom stereocenters. The molecule has 1 aromatic rings. The molecule has 1 N–H and O–H groups in total. The number of aliphatic hydroxyl groups is 1. The molecule has 1 rings (SSSR count). The van der Waals surface area contributed by atoms with Crippen molar-refractivity contribution in [1.82, 2.24) is 4.90 Å². The maximum Gasteiger partial charge on any atom is 0.0900 e. The minimum Gasteiger partial charge on any atom is -0.389 e. The Balaban J connectivity index is 2.60. The molecule has 0 spiro atoms. The first-order chi connectivity index (χ1) is 11.4. The van der Waals surface area contributed by atoms with Gasteiger partial charge in [-0.15, -0.1) is 0 Å². The Morgan fingerprint density at radius 1 is 1.17 bits per heavy atom. The molecule has 0 amide bonds. The lowest BCUT2D eigenvalue weighted by molar-refractivity contribution is 0.00578. The van der Waals surface area contributed by atoms with Crippen molar-refractivity contribution in [2.24, 2.45) is 5.92 Å². The molecule has 138 valence electrons. The Bertz CT molecular complexity index is 462. The van der Waals surface area contributed by atoms with Crippen LogP contribution in [0.25, 0.3) is 0 Å². The molecule has 0 aliphatic carbocycles. The number of benzene rings is 1. The largest absolute Gasteiger partial charge is 0.389 e. The third kappa shape index (κ3) is 8.78. The number of methoxy groups -OCH3 is 1. The highest BCUT2D eigenvalue weighted by Gasteiger charge is 2.14. The van der Waals surface area contributed by atoms with Gasteiger partial charge in [0.15, 0.2) is 0 Å². The number of aliphatic hydroxyl groups excluding tert-OH is 1. The van der Waals surface area contributed by atoms with Crippen LogP contribution in [0.3, 0.4) is 0 Å². The van der Waals surface area contributed by atoms with Gasteiger partial charge in [-0.1, -0.05) is 37.6 Å². The van der Waals surface area contributed by atoms with Crippen molar-refractivity contribution in [3.63, 3.8) is 0 Å². The van der Waals surface area contributed by atoms with E-state index in [1.807, 2.05) is 0 Å². The fraction of sp³-hybridized carbons (Fsp3) is 0.700. The standard InChI is InChI=1S/C20H35NO3/c1-16(2)14-24-15-20(22)13-21(9-6-10-23-5)12-19-11-17(3)7-8-18(19)4/h7-8,11,16,20,22H,6,9-10,12-15H2,1-5H3. The second kappa shape index (κ2) is 11.6. The number of ether oxygens (including phenoxy) is 2. The lowest BCUT2D eigenvalue weighted by Gasteiger charge is -2.26. The second-order valence-corrected chi connectivity index (χ2v) is 7.10. The predicted molar refractivity (Wildman–Crippen MR) is 99.3 cm³/mol. The quantitative estimate of drug-likeness (QED) is 0.595. The van der Waals surface area contributed by atoms with Gasteiger partial charge >= 0.3 is 0 Å². The van der Waals surface area contributed by atoms with Gasteiger partial charge in [-0.3, -0.25) is 4.90 Å². The summed E-state index contributed by atoms with van der Waals surface area (Å²) in [5.41, 5.74) is 3.89. The molecule has 0 bridgehead atoms. The van der Waals surface area contributed by atoms with Gasteiger partial charge in [-0.2, -0.15) is 0 Å². The van der Waals surface area contributed by atoms with Gasteiger partial charge in [0.05, 0.1) is 12.7 Å². The highest BCUT2D eigenvalue weighted by atomic mass is 16.5. The highest BCUT2D eigenvalue weighted by Crippen LogP contribution is 2.14. The molecule has 24 heavy (non-hydrogen) atoms. The van der Waals surface area contributed by atoms with Crippen molar-refractivity contribution in [1.29, 1.82) is 0 Å². The van der Waals surface area contributed by atoms with E-state index in [1.54, 1.807) is 7.11 Å². The van der Waals surface area contributed by atoms with E-state index in [1.165, 1.54) is 16.7 Å². The minimum atomic E-state index is -0.462. The smallest absolute Gasteiger partial charge is 0.0900 e. The first-order valence-electron chi connectivity index (χ1n) is 8.95. The minimum absolute atomic E-state index is 0.395. The summed E-state index contributed by atoms with van der Waals surface area (Å²) in [6.45, 7) is 12.7. The van der Waals surface area contributed by atoms with E-state index in [0.717, 1.165) is 26.1 Å². The molecule has 1 aromatic carbocycles. The second-order valence-electron chi connectivity index (χ2n) is 7.10. The van der Waals surface area contributed by atoms with E-state index in [4.69, 9.17) is 9.47 Å². The van der Waals surface area contributed by atoms with Gasteiger partial charge in [-0.05, 0) is 37.3 Å². The van der Waals surface area contributed by atoms with Crippen molar-refractivity contribution in [3.05, 3.63) is 34.9 Å². The Morgan fingerprint density at radius 3 is 2.58 bits per heavy atom. The van der Waals surface area contributed by atoms with Gasteiger partial charge in [0, 0.05) is 40.0 Å². The Labute approximate surface area is 147 Å². The summed E-state index contributed by atoms with van der Waals surface area (Å²) in [6, 6.07) is 6.54. The number of hydrogen-bond acceptors (Lipinski definition) is 4. The maximum absolute atomic E-state index is 10.3. The van der Waals surface area contributed by atoms with Crippen LogP contribution in [-0.2, 0) is 16.0 Å². The average molecular weight is 338 g/mol. The fourth-order valence-electron chi connectivity index (χ4n) is 2.67. The van der Waals surface area contributed by atoms with Crippen LogP contribution in [0.1, 0.15) is 37.0 Å². The van der Waals surface area contributed by atoms with Crippen LogP contribution >= 0.6 is 0 Å². The Kier molecular flexibility index (Phi) is 10.2. The molecular weight excluding hydrogens is 302 g/mol. The van der Waals surface area contributed by atoms with Crippen LogP contribution < -0.4 is 0 Å². The summed E-state index contributed by atoms with van der Waals surface area (Å²) in [7, 11) is 1.73. The summed E-state index contributed by atoms with van der Waals surface area (Å²) in [5.74, 6) is 0.491. The van der Waals surface area contributed by atoms with Crippen molar-refractivity contribution in [3.8, 4) is 0 Å². The van der Waals surface area contributed by atoms with Gasteiger partial charge in [0.1, 0.15) is 0 Å². The fourth-order valence-corrected chi connectivity index (χ4v) is 2.67. The summed E-state index contributed by atoms with van der Waals surface area (Å²) < 4.78 is 10.7. The summed E-state index contributed by atoms with van der Waals surface area (Å²) in [6.07, 6.45) is 0.498. The third-order valence-electron chi connectivity index (χ3n) is 3.95. The molecule has 4 nitrogen and oxygen atoms in total. The van der Waals surface area contributed by atoms with E-state index in [-0.39, 0.29) is 0 Å².